The van der Waals surface area contributed by atoms with Gasteiger partial charge < -0.3 is 15.0 Å². The van der Waals surface area contributed by atoms with Crippen molar-refractivity contribution in [1.29, 1.82) is 0 Å². The number of ether oxygens (including phenoxy) is 1. The van der Waals surface area contributed by atoms with Gasteiger partial charge in [-0.25, -0.2) is 14.8 Å². The summed E-state index contributed by atoms with van der Waals surface area (Å²) in [5.41, 5.74) is 2.43. The van der Waals surface area contributed by atoms with E-state index in [4.69, 9.17) is 14.7 Å². The molecule has 0 aliphatic carbocycles. The Morgan fingerprint density at radius 1 is 1.20 bits per heavy atom. The van der Waals surface area contributed by atoms with Gasteiger partial charge >= 0.3 is 6.09 Å². The highest BCUT2D eigenvalue weighted by Gasteiger charge is 2.32. The van der Waals surface area contributed by atoms with E-state index in [2.05, 4.69) is 16.8 Å². The van der Waals surface area contributed by atoms with Gasteiger partial charge in [-0.05, 0) is 50.8 Å². The number of likely N-dealkylation sites (tertiary alicyclic amines) is 1. The molecule has 0 bridgehead atoms. The number of nitrogens with one attached hydrogen (secondary N) is 1. The van der Waals surface area contributed by atoms with Crippen LogP contribution in [0, 0.1) is 0 Å². The average Bonchev–Trinajstić information content (AvgIpc) is 3.40. The summed E-state index contributed by atoms with van der Waals surface area (Å²) in [5.74, 6) is 1.58. The number of rotatable bonds is 4. The predicted molar refractivity (Wildman–Crippen MR) is 120 cm³/mol. The Balaban J connectivity index is 1.59. The highest BCUT2D eigenvalue weighted by Crippen LogP contribution is 2.30. The van der Waals surface area contributed by atoms with Gasteiger partial charge in [0.15, 0.2) is 0 Å². The molecule has 1 aromatic carbocycles. The van der Waals surface area contributed by atoms with E-state index in [0.717, 1.165) is 35.0 Å². The first-order valence-corrected chi connectivity index (χ1v) is 11.0. The fourth-order valence-electron chi connectivity index (χ4n) is 3.40. The van der Waals surface area contributed by atoms with Crippen LogP contribution in [0.3, 0.4) is 0 Å². The van der Waals surface area contributed by atoms with E-state index in [1.54, 1.807) is 16.2 Å². The van der Waals surface area contributed by atoms with Gasteiger partial charge in [0.25, 0.3) is 0 Å². The molecule has 1 atom stereocenters. The van der Waals surface area contributed by atoms with E-state index in [1.165, 1.54) is 0 Å². The van der Waals surface area contributed by atoms with Gasteiger partial charge in [-0.15, -0.1) is 0 Å². The molecule has 1 aliphatic rings. The minimum atomic E-state index is -0.503. The van der Waals surface area contributed by atoms with Gasteiger partial charge in [-0.1, -0.05) is 18.2 Å². The molecule has 0 saturated carbocycles. The molecule has 0 spiro atoms. The molecule has 6 nitrogen and oxygen atoms in total. The van der Waals surface area contributed by atoms with Crippen LogP contribution >= 0.6 is 11.3 Å². The summed E-state index contributed by atoms with van der Waals surface area (Å²) in [4.78, 5) is 23.8. The van der Waals surface area contributed by atoms with Crippen molar-refractivity contribution >= 4 is 28.9 Å². The number of amides is 1. The minimum Gasteiger partial charge on any atom is -0.444 e. The van der Waals surface area contributed by atoms with Crippen molar-refractivity contribution in [3.8, 4) is 11.3 Å². The van der Waals surface area contributed by atoms with Gasteiger partial charge in [-0.2, -0.15) is 11.3 Å². The molecule has 30 heavy (non-hydrogen) atoms. The largest absolute Gasteiger partial charge is 0.444 e. The molecule has 7 heteroatoms. The topological polar surface area (TPSA) is 67.3 Å². The van der Waals surface area contributed by atoms with E-state index in [0.29, 0.717) is 13.1 Å². The number of hydrogen-bond donors (Lipinski definition) is 1. The Kier molecular flexibility index (Phi) is 5.72. The standard InChI is InChI=1S/C23H26N4O2S/c1-23(2,3)29-22(28)27-11-9-16(14-27)21-25-19(17-10-12-30-15-17)13-20(26-21)24-18-7-5-4-6-8-18/h4-8,10,12-13,15-16H,9,11,14H2,1-3H3,(H,24,25,26). The van der Waals surface area contributed by atoms with Crippen LogP contribution in [0.25, 0.3) is 11.3 Å². The summed E-state index contributed by atoms with van der Waals surface area (Å²) in [5, 5.41) is 7.51. The molecule has 1 fully saturated rings. The molecule has 1 unspecified atom stereocenters. The van der Waals surface area contributed by atoms with Gasteiger partial charge in [0.2, 0.25) is 0 Å². The summed E-state index contributed by atoms with van der Waals surface area (Å²) in [7, 11) is 0. The monoisotopic (exact) mass is 422 g/mol. The van der Waals surface area contributed by atoms with Gasteiger partial charge in [0.1, 0.15) is 17.2 Å². The summed E-state index contributed by atoms with van der Waals surface area (Å²) < 4.78 is 5.53. The van der Waals surface area contributed by atoms with E-state index >= 15 is 0 Å². The molecule has 3 heterocycles. The van der Waals surface area contributed by atoms with Crippen molar-refractivity contribution in [1.82, 2.24) is 14.9 Å². The Morgan fingerprint density at radius 2 is 2.00 bits per heavy atom. The third-order valence-electron chi connectivity index (χ3n) is 4.81. The highest BCUT2D eigenvalue weighted by atomic mass is 32.1. The first-order valence-electron chi connectivity index (χ1n) is 10.1. The lowest BCUT2D eigenvalue weighted by Gasteiger charge is -2.24. The van der Waals surface area contributed by atoms with Gasteiger partial charge in [0, 0.05) is 41.7 Å². The second-order valence-corrected chi connectivity index (χ2v) is 9.19. The van der Waals surface area contributed by atoms with Crippen LogP contribution < -0.4 is 5.32 Å². The molecule has 1 N–H and O–H groups in total. The maximum atomic E-state index is 12.5. The molecule has 0 radical (unpaired) electrons. The number of nitrogens with zero attached hydrogens (tertiary/aromatic N) is 3. The zero-order chi connectivity index (χ0) is 21.1. The molecule has 1 saturated heterocycles. The maximum Gasteiger partial charge on any atom is 0.410 e. The van der Waals surface area contributed by atoms with Crippen LogP contribution in [0.5, 0.6) is 0 Å². The number of aromatic nitrogens is 2. The number of hydrogen-bond acceptors (Lipinski definition) is 6. The molecule has 156 valence electrons. The molecule has 1 aliphatic heterocycles. The fourth-order valence-corrected chi connectivity index (χ4v) is 4.05. The Bertz CT molecular complexity index is 1000. The smallest absolute Gasteiger partial charge is 0.410 e. The Hall–Kier alpha value is -2.93. The number of carbonyl (C=O) groups excluding carboxylic acids is 1. The zero-order valence-electron chi connectivity index (χ0n) is 17.5. The zero-order valence-corrected chi connectivity index (χ0v) is 18.3. The third-order valence-corrected chi connectivity index (χ3v) is 5.49. The molecular weight excluding hydrogens is 396 g/mol. The molecule has 3 aromatic rings. The first kappa shape index (κ1) is 20.3. The summed E-state index contributed by atoms with van der Waals surface area (Å²) in [6, 6.07) is 14.0. The van der Waals surface area contributed by atoms with Gasteiger partial charge in [0.05, 0.1) is 5.69 Å². The Morgan fingerprint density at radius 3 is 2.70 bits per heavy atom. The lowest BCUT2D eigenvalue weighted by molar-refractivity contribution is 0.0292. The SMILES string of the molecule is CC(C)(C)OC(=O)N1CCC(c2nc(Nc3ccccc3)cc(-c3ccsc3)n2)C1. The van der Waals surface area contributed by atoms with E-state index in [1.807, 2.05) is 62.5 Å². The van der Waals surface area contributed by atoms with Crippen LogP contribution in [0.2, 0.25) is 0 Å². The second kappa shape index (κ2) is 8.44. The van der Waals surface area contributed by atoms with E-state index in [9.17, 15) is 4.79 Å². The minimum absolute atomic E-state index is 0.0763. The van der Waals surface area contributed by atoms with Gasteiger partial charge in [-0.3, -0.25) is 0 Å². The third kappa shape index (κ3) is 4.97. The highest BCUT2D eigenvalue weighted by molar-refractivity contribution is 7.08. The summed E-state index contributed by atoms with van der Waals surface area (Å²) >= 11 is 1.64. The number of thiophene rings is 1. The van der Waals surface area contributed by atoms with Crippen molar-refractivity contribution in [3.05, 3.63) is 59.0 Å². The van der Waals surface area contributed by atoms with Crippen LogP contribution in [0.4, 0.5) is 16.3 Å². The molecule has 4 rings (SSSR count). The first-order chi connectivity index (χ1) is 14.4. The van der Waals surface area contributed by atoms with E-state index in [-0.39, 0.29) is 12.0 Å². The van der Waals surface area contributed by atoms with Crippen LogP contribution in [-0.4, -0.2) is 39.7 Å². The molecule has 1 amide bonds. The number of benzene rings is 1. The number of para-hydroxylation sites is 1. The van der Waals surface area contributed by atoms with Crippen molar-refractivity contribution < 1.29 is 9.53 Å². The second-order valence-electron chi connectivity index (χ2n) is 8.41. The normalized spacial score (nSPS) is 16.5. The van der Waals surface area contributed by atoms with Crippen molar-refractivity contribution in [2.24, 2.45) is 0 Å². The van der Waals surface area contributed by atoms with Crippen molar-refractivity contribution in [2.75, 3.05) is 18.4 Å². The molecular formula is C23H26N4O2S. The fraction of sp³-hybridized carbons (Fsp3) is 0.348. The summed E-state index contributed by atoms with van der Waals surface area (Å²) in [6.07, 6.45) is 0.540. The average molecular weight is 423 g/mol. The number of carbonyl (C=O) groups is 1. The van der Waals surface area contributed by atoms with E-state index < -0.39 is 5.60 Å². The number of anilines is 2. The Labute approximate surface area is 180 Å². The predicted octanol–water partition coefficient (Wildman–Crippen LogP) is 5.67. The van der Waals surface area contributed by atoms with Crippen LogP contribution in [0.15, 0.2) is 53.2 Å². The molecule has 2 aromatic heterocycles. The lowest BCUT2D eigenvalue weighted by atomic mass is 10.1. The maximum absolute atomic E-state index is 12.5. The lowest BCUT2D eigenvalue weighted by Crippen LogP contribution is -2.35. The van der Waals surface area contributed by atoms with Crippen LogP contribution in [-0.2, 0) is 4.74 Å². The summed E-state index contributed by atoms with van der Waals surface area (Å²) in [6.45, 7) is 6.86. The van der Waals surface area contributed by atoms with Crippen LogP contribution in [0.1, 0.15) is 38.9 Å². The van der Waals surface area contributed by atoms with Crippen molar-refractivity contribution in [3.63, 3.8) is 0 Å². The van der Waals surface area contributed by atoms with Crippen molar-refractivity contribution in [2.45, 2.75) is 38.7 Å². The quantitative estimate of drug-likeness (QED) is 0.586.